The van der Waals surface area contributed by atoms with Gasteiger partial charge in [-0.2, -0.15) is 0 Å². The van der Waals surface area contributed by atoms with Gasteiger partial charge in [0.15, 0.2) is 0 Å². The summed E-state index contributed by atoms with van der Waals surface area (Å²) >= 11 is 0. The Hall–Kier alpha value is -1.22. The van der Waals surface area contributed by atoms with Crippen molar-refractivity contribution in [2.75, 3.05) is 14.2 Å². The molecule has 0 spiro atoms. The Morgan fingerprint density at radius 1 is 0.941 bits per heavy atom. The van der Waals surface area contributed by atoms with Gasteiger partial charge in [-0.3, -0.25) is 0 Å². The number of rotatable bonds is 3. The minimum Gasteiger partial charge on any atom is -0.497 e. The highest BCUT2D eigenvalue weighted by Crippen LogP contribution is 2.37. The Morgan fingerprint density at radius 3 is 1.94 bits per heavy atom. The highest BCUT2D eigenvalue weighted by atomic mass is 16.5. The van der Waals surface area contributed by atoms with Crippen molar-refractivity contribution < 1.29 is 9.47 Å². The molecule has 0 aliphatic heterocycles. The number of ether oxygens (including phenoxy) is 2. The van der Waals surface area contributed by atoms with E-state index in [-0.39, 0.29) is 5.54 Å². The average Bonchev–Trinajstić information content (AvgIpc) is 2.39. The van der Waals surface area contributed by atoms with Gasteiger partial charge in [-0.25, -0.2) is 0 Å². The van der Waals surface area contributed by atoms with Crippen LogP contribution < -0.4 is 15.2 Å². The normalized spacial score (nSPS) is 18.8. The Bertz CT molecular complexity index is 362. The van der Waals surface area contributed by atoms with Crippen molar-refractivity contribution in [3.63, 3.8) is 0 Å². The van der Waals surface area contributed by atoms with Gasteiger partial charge in [0, 0.05) is 11.6 Å². The second kappa shape index (κ2) is 4.96. The van der Waals surface area contributed by atoms with E-state index in [2.05, 4.69) is 0 Å². The smallest absolute Gasteiger partial charge is 0.122 e. The van der Waals surface area contributed by atoms with E-state index in [0.717, 1.165) is 29.9 Å². The summed E-state index contributed by atoms with van der Waals surface area (Å²) in [5.41, 5.74) is 7.44. The summed E-state index contributed by atoms with van der Waals surface area (Å²) in [6.45, 7) is 0. The molecule has 0 aromatic heterocycles. The molecule has 1 saturated carbocycles. The summed E-state index contributed by atoms with van der Waals surface area (Å²) in [7, 11) is 3.34. The van der Waals surface area contributed by atoms with Gasteiger partial charge >= 0.3 is 0 Å². The molecule has 3 heteroatoms. The molecule has 0 saturated heterocycles. The Labute approximate surface area is 103 Å². The van der Waals surface area contributed by atoms with Gasteiger partial charge in [0.1, 0.15) is 11.5 Å². The van der Waals surface area contributed by atoms with E-state index in [1.165, 1.54) is 19.3 Å². The molecule has 0 bridgehead atoms. The van der Waals surface area contributed by atoms with Crippen molar-refractivity contribution in [1.82, 2.24) is 0 Å². The van der Waals surface area contributed by atoms with Crippen molar-refractivity contribution in [2.24, 2.45) is 5.73 Å². The first-order valence-electron chi connectivity index (χ1n) is 6.20. The van der Waals surface area contributed by atoms with E-state index in [1.54, 1.807) is 14.2 Å². The zero-order valence-corrected chi connectivity index (χ0v) is 10.7. The number of hydrogen-bond acceptors (Lipinski definition) is 3. The van der Waals surface area contributed by atoms with Crippen molar-refractivity contribution >= 4 is 0 Å². The summed E-state index contributed by atoms with van der Waals surface area (Å²) in [6.07, 6.45) is 5.79. The summed E-state index contributed by atoms with van der Waals surface area (Å²) in [5, 5.41) is 0. The zero-order chi connectivity index (χ0) is 12.3. The van der Waals surface area contributed by atoms with Gasteiger partial charge in [-0.15, -0.1) is 0 Å². The Balaban J connectivity index is 2.35. The van der Waals surface area contributed by atoms with Crippen LogP contribution >= 0.6 is 0 Å². The third-order valence-corrected chi connectivity index (χ3v) is 3.67. The van der Waals surface area contributed by atoms with Gasteiger partial charge < -0.3 is 15.2 Å². The monoisotopic (exact) mass is 235 g/mol. The molecule has 0 unspecified atom stereocenters. The summed E-state index contributed by atoms with van der Waals surface area (Å²) < 4.78 is 10.6. The highest BCUT2D eigenvalue weighted by molar-refractivity contribution is 5.41. The van der Waals surface area contributed by atoms with Crippen LogP contribution in [0.4, 0.5) is 0 Å². The molecule has 1 aromatic rings. The van der Waals surface area contributed by atoms with Gasteiger partial charge in [0.05, 0.1) is 14.2 Å². The maximum Gasteiger partial charge on any atom is 0.122 e. The van der Waals surface area contributed by atoms with E-state index in [4.69, 9.17) is 15.2 Å². The minimum absolute atomic E-state index is 0.208. The molecule has 3 nitrogen and oxygen atoms in total. The molecule has 1 aromatic carbocycles. The van der Waals surface area contributed by atoms with E-state index in [1.807, 2.05) is 18.2 Å². The molecule has 0 heterocycles. The van der Waals surface area contributed by atoms with E-state index in [9.17, 15) is 0 Å². The lowest BCUT2D eigenvalue weighted by Crippen LogP contribution is -2.38. The van der Waals surface area contributed by atoms with Crippen LogP contribution in [-0.2, 0) is 5.54 Å². The summed E-state index contributed by atoms with van der Waals surface area (Å²) in [5.74, 6) is 1.63. The molecular weight excluding hydrogens is 214 g/mol. The fourth-order valence-electron chi connectivity index (χ4n) is 2.57. The van der Waals surface area contributed by atoms with Crippen LogP contribution in [0, 0.1) is 0 Å². The second-order valence-electron chi connectivity index (χ2n) is 4.82. The molecule has 2 N–H and O–H groups in total. The molecule has 2 rings (SSSR count). The molecule has 94 valence electrons. The third kappa shape index (κ3) is 2.55. The van der Waals surface area contributed by atoms with E-state index < -0.39 is 0 Å². The van der Waals surface area contributed by atoms with Crippen LogP contribution in [0.2, 0.25) is 0 Å². The summed E-state index contributed by atoms with van der Waals surface area (Å²) in [6, 6.07) is 5.96. The Kier molecular flexibility index (Phi) is 3.57. The summed E-state index contributed by atoms with van der Waals surface area (Å²) in [4.78, 5) is 0. The SMILES string of the molecule is COc1cc(OC)cc(C2(N)CCCCC2)c1. The van der Waals surface area contributed by atoms with Gasteiger partial charge in [-0.05, 0) is 30.5 Å². The van der Waals surface area contributed by atoms with Crippen molar-refractivity contribution in [2.45, 2.75) is 37.6 Å². The minimum atomic E-state index is -0.208. The highest BCUT2D eigenvalue weighted by Gasteiger charge is 2.30. The molecule has 17 heavy (non-hydrogen) atoms. The maximum absolute atomic E-state index is 6.52. The molecule has 1 fully saturated rings. The topological polar surface area (TPSA) is 44.5 Å². The fraction of sp³-hybridized carbons (Fsp3) is 0.571. The molecular formula is C14H21NO2. The fourth-order valence-corrected chi connectivity index (χ4v) is 2.57. The standard InChI is InChI=1S/C14H21NO2/c1-16-12-8-11(9-13(10-12)17-2)14(15)6-4-3-5-7-14/h8-10H,3-7,15H2,1-2H3. The lowest BCUT2D eigenvalue weighted by molar-refractivity contribution is 0.299. The number of hydrogen-bond donors (Lipinski definition) is 1. The molecule has 0 amide bonds. The lowest BCUT2D eigenvalue weighted by atomic mass is 9.77. The van der Waals surface area contributed by atoms with Crippen molar-refractivity contribution in [3.05, 3.63) is 23.8 Å². The first-order chi connectivity index (χ1) is 8.18. The lowest BCUT2D eigenvalue weighted by Gasteiger charge is -2.34. The van der Waals surface area contributed by atoms with Crippen molar-refractivity contribution in [1.29, 1.82) is 0 Å². The van der Waals surface area contributed by atoms with Crippen molar-refractivity contribution in [3.8, 4) is 11.5 Å². The predicted molar refractivity (Wildman–Crippen MR) is 68.5 cm³/mol. The molecule has 1 aliphatic rings. The maximum atomic E-state index is 6.52. The second-order valence-corrected chi connectivity index (χ2v) is 4.82. The molecule has 0 radical (unpaired) electrons. The number of methoxy groups -OCH3 is 2. The van der Waals surface area contributed by atoms with Crippen LogP contribution in [0.5, 0.6) is 11.5 Å². The van der Waals surface area contributed by atoms with Crippen LogP contribution in [0.25, 0.3) is 0 Å². The van der Waals surface area contributed by atoms with Crippen LogP contribution in [0.3, 0.4) is 0 Å². The third-order valence-electron chi connectivity index (χ3n) is 3.67. The van der Waals surface area contributed by atoms with E-state index in [0.29, 0.717) is 0 Å². The largest absolute Gasteiger partial charge is 0.497 e. The Morgan fingerprint density at radius 2 is 1.47 bits per heavy atom. The average molecular weight is 235 g/mol. The van der Waals surface area contributed by atoms with Crippen LogP contribution in [-0.4, -0.2) is 14.2 Å². The predicted octanol–water partition coefficient (Wildman–Crippen LogP) is 2.82. The van der Waals surface area contributed by atoms with Gasteiger partial charge in [0.25, 0.3) is 0 Å². The van der Waals surface area contributed by atoms with Crippen LogP contribution in [0.1, 0.15) is 37.7 Å². The van der Waals surface area contributed by atoms with Gasteiger partial charge in [-0.1, -0.05) is 19.3 Å². The first-order valence-corrected chi connectivity index (χ1v) is 6.20. The molecule has 0 atom stereocenters. The number of benzene rings is 1. The number of nitrogens with two attached hydrogens (primary N) is 1. The zero-order valence-electron chi connectivity index (χ0n) is 10.7. The van der Waals surface area contributed by atoms with Gasteiger partial charge in [0.2, 0.25) is 0 Å². The van der Waals surface area contributed by atoms with Crippen LogP contribution in [0.15, 0.2) is 18.2 Å². The van der Waals surface area contributed by atoms with E-state index >= 15 is 0 Å². The molecule has 1 aliphatic carbocycles. The first kappa shape index (κ1) is 12.2. The quantitative estimate of drug-likeness (QED) is 0.876.